The summed E-state index contributed by atoms with van der Waals surface area (Å²) in [6.07, 6.45) is 2.05. The molecule has 0 atom stereocenters. The summed E-state index contributed by atoms with van der Waals surface area (Å²) in [6.45, 7) is 4.25. The molecule has 2 rings (SSSR count). The Morgan fingerprint density at radius 1 is 1.33 bits per heavy atom. The Kier molecular flexibility index (Phi) is 2.71. The molecule has 3 heteroatoms. The molecular weight excluding hydrogens is 191 g/mol. The molecule has 15 heavy (non-hydrogen) atoms. The van der Waals surface area contributed by atoms with Gasteiger partial charge in [0.2, 0.25) is 0 Å². The van der Waals surface area contributed by atoms with E-state index in [1.54, 1.807) is 6.07 Å². The van der Waals surface area contributed by atoms with Crippen molar-refractivity contribution in [1.82, 2.24) is 9.97 Å². The van der Waals surface area contributed by atoms with Crippen LogP contribution in [0.5, 0.6) is 0 Å². The van der Waals surface area contributed by atoms with Crippen LogP contribution in [0.15, 0.2) is 18.2 Å². The molecule has 80 valence electrons. The highest BCUT2D eigenvalue weighted by molar-refractivity contribution is 5.75. The lowest BCUT2D eigenvalue weighted by Gasteiger charge is -2.07. The molecule has 1 aromatic carbocycles. The number of aromatic nitrogens is 2. The van der Waals surface area contributed by atoms with E-state index in [0.717, 1.165) is 24.2 Å². The van der Waals surface area contributed by atoms with Gasteiger partial charge in [-0.3, -0.25) is 0 Å². The van der Waals surface area contributed by atoms with Gasteiger partial charge in [-0.2, -0.15) is 0 Å². The highest BCUT2D eigenvalue weighted by Gasteiger charge is 2.13. The number of nitrogens with zero attached hydrogens (tertiary/aromatic N) is 1. The van der Waals surface area contributed by atoms with Gasteiger partial charge in [0.05, 0.1) is 5.52 Å². The highest BCUT2D eigenvalue weighted by atomic mass is 19.1. The van der Waals surface area contributed by atoms with Crippen LogP contribution in [0.2, 0.25) is 0 Å². The summed E-state index contributed by atoms with van der Waals surface area (Å²) in [5, 5.41) is 0. The van der Waals surface area contributed by atoms with Crippen LogP contribution in [0, 0.1) is 5.82 Å². The predicted octanol–water partition coefficient (Wildman–Crippen LogP) is 3.61. The summed E-state index contributed by atoms with van der Waals surface area (Å²) in [6, 6.07) is 5.00. The van der Waals surface area contributed by atoms with Gasteiger partial charge in [-0.05, 0) is 25.0 Å². The lowest BCUT2D eigenvalue weighted by Crippen LogP contribution is -1.97. The summed E-state index contributed by atoms with van der Waals surface area (Å²) in [5.41, 5.74) is 1.25. The Hall–Kier alpha value is -1.38. The van der Waals surface area contributed by atoms with Gasteiger partial charge in [0, 0.05) is 5.92 Å². The third-order valence-electron chi connectivity index (χ3n) is 2.85. The number of nitrogens with one attached hydrogen (secondary N) is 1. The summed E-state index contributed by atoms with van der Waals surface area (Å²) in [5.74, 6) is 1.05. The molecule has 0 unspecified atom stereocenters. The number of hydrogen-bond acceptors (Lipinski definition) is 1. The lowest BCUT2D eigenvalue weighted by atomic mass is 10.0. The summed E-state index contributed by atoms with van der Waals surface area (Å²) in [4.78, 5) is 7.51. The van der Waals surface area contributed by atoms with E-state index in [1.165, 1.54) is 6.07 Å². The van der Waals surface area contributed by atoms with Gasteiger partial charge in [-0.15, -0.1) is 0 Å². The first-order valence-corrected chi connectivity index (χ1v) is 5.40. The fourth-order valence-corrected chi connectivity index (χ4v) is 1.88. The molecule has 0 fully saturated rings. The molecule has 0 aliphatic heterocycles. The Morgan fingerprint density at radius 2 is 2.07 bits per heavy atom. The number of imidazole rings is 1. The number of aromatic amines is 1. The van der Waals surface area contributed by atoms with E-state index in [0.29, 0.717) is 11.4 Å². The molecule has 2 nitrogen and oxygen atoms in total. The fourth-order valence-electron chi connectivity index (χ4n) is 1.88. The lowest BCUT2D eigenvalue weighted by molar-refractivity contribution is 0.608. The van der Waals surface area contributed by atoms with E-state index in [4.69, 9.17) is 0 Å². The largest absolute Gasteiger partial charge is 0.342 e. The van der Waals surface area contributed by atoms with Gasteiger partial charge in [0.1, 0.15) is 11.3 Å². The molecule has 0 amide bonds. The monoisotopic (exact) mass is 206 g/mol. The van der Waals surface area contributed by atoms with Crippen LogP contribution in [0.25, 0.3) is 11.0 Å². The maximum atomic E-state index is 13.4. The average Bonchev–Trinajstić information content (AvgIpc) is 2.65. The van der Waals surface area contributed by atoms with Crippen LogP contribution in [0.3, 0.4) is 0 Å². The van der Waals surface area contributed by atoms with Gasteiger partial charge in [-0.25, -0.2) is 9.37 Å². The van der Waals surface area contributed by atoms with Crippen LogP contribution >= 0.6 is 0 Å². The van der Waals surface area contributed by atoms with E-state index >= 15 is 0 Å². The van der Waals surface area contributed by atoms with Crippen LogP contribution in [-0.4, -0.2) is 9.97 Å². The molecule has 0 saturated heterocycles. The summed E-state index contributed by atoms with van der Waals surface area (Å²) in [7, 11) is 0. The highest BCUT2D eigenvalue weighted by Crippen LogP contribution is 2.23. The maximum absolute atomic E-state index is 13.4. The second-order valence-corrected chi connectivity index (χ2v) is 3.77. The van der Waals surface area contributed by atoms with Gasteiger partial charge in [0.25, 0.3) is 0 Å². The van der Waals surface area contributed by atoms with Crippen molar-refractivity contribution < 1.29 is 4.39 Å². The molecule has 1 aromatic heterocycles. The van der Waals surface area contributed by atoms with Crippen LogP contribution < -0.4 is 0 Å². The zero-order valence-corrected chi connectivity index (χ0v) is 9.05. The number of para-hydroxylation sites is 1. The molecule has 0 saturated carbocycles. The standard InChI is InChI=1S/C12H15FN2/c1-3-8(4-2)12-14-10-7-5-6-9(13)11(10)15-12/h5-8H,3-4H2,1-2H3,(H,14,15). The summed E-state index contributed by atoms with van der Waals surface area (Å²) < 4.78 is 13.4. The van der Waals surface area contributed by atoms with Crippen molar-refractivity contribution >= 4 is 11.0 Å². The predicted molar refractivity (Wildman–Crippen MR) is 59.4 cm³/mol. The maximum Gasteiger partial charge on any atom is 0.151 e. The van der Waals surface area contributed by atoms with Crippen LogP contribution in [0.1, 0.15) is 38.4 Å². The number of benzene rings is 1. The first-order chi connectivity index (χ1) is 7.26. The van der Waals surface area contributed by atoms with Crippen molar-refractivity contribution in [3.8, 4) is 0 Å². The second-order valence-electron chi connectivity index (χ2n) is 3.77. The zero-order valence-electron chi connectivity index (χ0n) is 9.05. The first-order valence-electron chi connectivity index (χ1n) is 5.40. The Balaban J connectivity index is 2.51. The minimum absolute atomic E-state index is 0.249. The van der Waals surface area contributed by atoms with E-state index in [9.17, 15) is 4.39 Å². The topological polar surface area (TPSA) is 28.7 Å². The summed E-state index contributed by atoms with van der Waals surface area (Å²) >= 11 is 0. The smallest absolute Gasteiger partial charge is 0.151 e. The molecule has 0 radical (unpaired) electrons. The van der Waals surface area contributed by atoms with E-state index < -0.39 is 0 Å². The number of H-pyrrole nitrogens is 1. The minimum atomic E-state index is -0.249. The first kappa shape index (κ1) is 10.1. The molecule has 0 aliphatic rings. The van der Waals surface area contributed by atoms with Crippen LogP contribution in [-0.2, 0) is 0 Å². The molecule has 1 N–H and O–H groups in total. The molecule has 0 spiro atoms. The van der Waals surface area contributed by atoms with Gasteiger partial charge >= 0.3 is 0 Å². The van der Waals surface area contributed by atoms with Crippen LogP contribution in [0.4, 0.5) is 4.39 Å². The Labute approximate surface area is 88.5 Å². The van der Waals surface area contributed by atoms with Gasteiger partial charge in [-0.1, -0.05) is 19.9 Å². The zero-order chi connectivity index (χ0) is 10.8. The van der Waals surface area contributed by atoms with E-state index in [-0.39, 0.29) is 5.82 Å². The Bertz CT molecular complexity index is 458. The Morgan fingerprint density at radius 3 is 2.67 bits per heavy atom. The van der Waals surface area contributed by atoms with Crippen molar-refractivity contribution in [3.05, 3.63) is 29.8 Å². The van der Waals surface area contributed by atoms with E-state index in [1.807, 2.05) is 6.07 Å². The van der Waals surface area contributed by atoms with Crippen molar-refractivity contribution in [1.29, 1.82) is 0 Å². The second kappa shape index (κ2) is 4.01. The SMILES string of the molecule is CCC(CC)c1nc2c(F)cccc2[nH]1. The average molecular weight is 206 g/mol. The van der Waals surface area contributed by atoms with Crippen molar-refractivity contribution in [2.75, 3.05) is 0 Å². The van der Waals surface area contributed by atoms with Crippen molar-refractivity contribution in [2.24, 2.45) is 0 Å². The molecule has 0 bridgehead atoms. The number of fused-ring (bicyclic) bond motifs is 1. The molecule has 2 aromatic rings. The van der Waals surface area contributed by atoms with Crippen molar-refractivity contribution in [3.63, 3.8) is 0 Å². The van der Waals surface area contributed by atoms with Crippen molar-refractivity contribution in [2.45, 2.75) is 32.6 Å². The van der Waals surface area contributed by atoms with Gasteiger partial charge in [0.15, 0.2) is 5.82 Å². The number of hydrogen-bond donors (Lipinski definition) is 1. The molecular formula is C12H15FN2. The third-order valence-corrected chi connectivity index (χ3v) is 2.85. The minimum Gasteiger partial charge on any atom is -0.342 e. The molecule has 1 heterocycles. The fraction of sp³-hybridized carbons (Fsp3) is 0.417. The number of rotatable bonds is 3. The quantitative estimate of drug-likeness (QED) is 0.816. The van der Waals surface area contributed by atoms with Gasteiger partial charge < -0.3 is 4.98 Å². The number of halogens is 1. The normalized spacial score (nSPS) is 11.5. The third kappa shape index (κ3) is 1.74. The van der Waals surface area contributed by atoms with E-state index in [2.05, 4.69) is 23.8 Å². The molecule has 0 aliphatic carbocycles.